The van der Waals surface area contributed by atoms with Gasteiger partial charge < -0.3 is 4.90 Å². The monoisotopic (exact) mass is 202 g/mol. The van der Waals surface area contributed by atoms with E-state index in [4.69, 9.17) is 5.26 Å². The van der Waals surface area contributed by atoms with Crippen LogP contribution in [-0.4, -0.2) is 13.1 Å². The summed E-state index contributed by atoms with van der Waals surface area (Å²) in [5.41, 5.74) is 0.943. The fourth-order valence-electron chi connectivity index (χ4n) is 2.60. The first-order valence-electron chi connectivity index (χ1n) is 5.20. The molecule has 0 aromatic heterocycles. The summed E-state index contributed by atoms with van der Waals surface area (Å²) in [6.45, 7) is 1.82. The van der Waals surface area contributed by atoms with E-state index in [1.165, 1.54) is 6.07 Å². The molecule has 1 aromatic rings. The number of fused-ring (bicyclic) bond motifs is 1. The molecular formula is C12H11FN2. The zero-order valence-corrected chi connectivity index (χ0v) is 8.23. The van der Waals surface area contributed by atoms with Gasteiger partial charge in [-0.3, -0.25) is 0 Å². The van der Waals surface area contributed by atoms with E-state index in [0.29, 0.717) is 11.8 Å². The summed E-state index contributed by atoms with van der Waals surface area (Å²) in [6, 6.07) is 9.00. The third-order valence-corrected chi connectivity index (χ3v) is 3.52. The van der Waals surface area contributed by atoms with Crippen molar-refractivity contribution >= 4 is 5.69 Å². The normalized spacial score (nSPS) is 32.3. The maximum Gasteiger partial charge on any atom is 0.125 e. The van der Waals surface area contributed by atoms with Gasteiger partial charge in [0.1, 0.15) is 5.82 Å². The summed E-state index contributed by atoms with van der Waals surface area (Å²) in [4.78, 5) is 2.17. The van der Waals surface area contributed by atoms with Crippen LogP contribution in [0.25, 0.3) is 0 Å². The molecule has 0 amide bonds. The van der Waals surface area contributed by atoms with E-state index < -0.39 is 0 Å². The topological polar surface area (TPSA) is 27.0 Å². The number of piperidine rings is 1. The summed E-state index contributed by atoms with van der Waals surface area (Å²) in [5.74, 6) is 1.12. The first-order chi connectivity index (χ1) is 7.29. The van der Waals surface area contributed by atoms with Crippen molar-refractivity contribution in [2.75, 3.05) is 18.0 Å². The van der Waals surface area contributed by atoms with Crippen molar-refractivity contribution in [1.82, 2.24) is 0 Å². The second-order valence-corrected chi connectivity index (χ2v) is 4.37. The lowest BCUT2D eigenvalue weighted by atomic mass is 10.2. The van der Waals surface area contributed by atoms with Crippen molar-refractivity contribution in [2.45, 2.75) is 0 Å². The van der Waals surface area contributed by atoms with Crippen molar-refractivity contribution in [3.05, 3.63) is 30.1 Å². The van der Waals surface area contributed by atoms with Gasteiger partial charge in [-0.05, 0) is 30.0 Å². The number of anilines is 1. The average Bonchev–Trinajstić information content (AvgIpc) is 2.70. The van der Waals surface area contributed by atoms with E-state index in [0.717, 1.165) is 18.8 Å². The predicted molar refractivity (Wildman–Crippen MR) is 54.7 cm³/mol. The van der Waals surface area contributed by atoms with Crippen LogP contribution in [0.3, 0.4) is 0 Å². The molecule has 2 aliphatic rings. The van der Waals surface area contributed by atoms with Crippen LogP contribution in [-0.2, 0) is 0 Å². The van der Waals surface area contributed by atoms with E-state index in [1.54, 1.807) is 12.1 Å². The van der Waals surface area contributed by atoms with Crippen molar-refractivity contribution in [3.63, 3.8) is 0 Å². The summed E-state index contributed by atoms with van der Waals surface area (Å²) in [6.07, 6.45) is 0. The summed E-state index contributed by atoms with van der Waals surface area (Å²) in [5, 5.41) is 8.78. The second kappa shape index (κ2) is 2.96. The van der Waals surface area contributed by atoms with Crippen molar-refractivity contribution in [2.24, 2.45) is 17.8 Å². The summed E-state index contributed by atoms with van der Waals surface area (Å²) >= 11 is 0. The minimum atomic E-state index is -0.190. The molecule has 1 aromatic carbocycles. The molecule has 1 aliphatic heterocycles. The Morgan fingerprint density at radius 3 is 2.67 bits per heavy atom. The minimum absolute atomic E-state index is 0.190. The van der Waals surface area contributed by atoms with Crippen molar-refractivity contribution < 1.29 is 4.39 Å². The van der Waals surface area contributed by atoms with Gasteiger partial charge in [0, 0.05) is 18.8 Å². The first-order valence-corrected chi connectivity index (χ1v) is 5.20. The SMILES string of the molecule is N#C[C@@H]1[C@H]2CN(c3cccc(F)c3)C[C@@H]12. The van der Waals surface area contributed by atoms with Gasteiger partial charge in [0.2, 0.25) is 0 Å². The molecule has 1 aliphatic carbocycles. The highest BCUT2D eigenvalue weighted by Crippen LogP contribution is 2.51. The summed E-state index contributed by atoms with van der Waals surface area (Å²) < 4.78 is 13.0. The molecule has 3 atom stereocenters. The molecule has 1 saturated heterocycles. The zero-order valence-electron chi connectivity index (χ0n) is 8.23. The van der Waals surface area contributed by atoms with Crippen molar-refractivity contribution in [3.8, 4) is 6.07 Å². The highest BCUT2D eigenvalue weighted by molar-refractivity contribution is 5.49. The van der Waals surface area contributed by atoms with E-state index in [-0.39, 0.29) is 11.7 Å². The number of nitriles is 1. The third kappa shape index (κ3) is 1.29. The molecule has 3 rings (SSSR count). The van der Waals surface area contributed by atoms with Gasteiger partial charge in [0.05, 0.1) is 12.0 Å². The highest BCUT2D eigenvalue weighted by atomic mass is 19.1. The Kier molecular flexibility index (Phi) is 1.72. The number of benzene rings is 1. The van der Waals surface area contributed by atoms with Gasteiger partial charge in [-0.15, -0.1) is 0 Å². The van der Waals surface area contributed by atoms with Crippen LogP contribution in [0.5, 0.6) is 0 Å². The lowest BCUT2D eigenvalue weighted by molar-refractivity contribution is 0.626. The maximum absolute atomic E-state index is 13.0. The molecule has 2 fully saturated rings. The number of hydrogen-bond acceptors (Lipinski definition) is 2. The van der Waals surface area contributed by atoms with Crippen LogP contribution in [0.4, 0.5) is 10.1 Å². The zero-order chi connectivity index (χ0) is 10.4. The number of rotatable bonds is 1. The van der Waals surface area contributed by atoms with Crippen LogP contribution < -0.4 is 4.90 Å². The van der Waals surface area contributed by atoms with Crippen LogP contribution in [0.15, 0.2) is 24.3 Å². The quantitative estimate of drug-likeness (QED) is 0.696. The molecular weight excluding hydrogens is 191 g/mol. The lowest BCUT2D eigenvalue weighted by Crippen LogP contribution is -2.23. The Morgan fingerprint density at radius 2 is 2.07 bits per heavy atom. The van der Waals surface area contributed by atoms with Gasteiger partial charge in [-0.2, -0.15) is 5.26 Å². The van der Waals surface area contributed by atoms with E-state index in [9.17, 15) is 4.39 Å². The Hall–Kier alpha value is -1.56. The number of nitrogens with zero attached hydrogens (tertiary/aromatic N) is 2. The molecule has 0 spiro atoms. The Balaban J connectivity index is 1.75. The molecule has 1 heterocycles. The Labute approximate surface area is 87.9 Å². The third-order valence-electron chi connectivity index (χ3n) is 3.52. The molecule has 76 valence electrons. The molecule has 0 radical (unpaired) electrons. The van der Waals surface area contributed by atoms with Gasteiger partial charge in [0.25, 0.3) is 0 Å². The van der Waals surface area contributed by atoms with Gasteiger partial charge in [-0.1, -0.05) is 6.07 Å². The first kappa shape index (κ1) is 8.72. The standard InChI is InChI=1S/C12H11FN2/c13-8-2-1-3-9(4-8)15-6-11-10(5-14)12(11)7-15/h1-4,10-12H,6-7H2/t10-,11-,12+. The van der Waals surface area contributed by atoms with Crippen LogP contribution in [0, 0.1) is 34.9 Å². The Bertz CT molecular complexity index is 425. The van der Waals surface area contributed by atoms with Gasteiger partial charge >= 0.3 is 0 Å². The molecule has 2 nitrogen and oxygen atoms in total. The molecule has 0 unspecified atom stereocenters. The smallest absolute Gasteiger partial charge is 0.125 e. The molecule has 0 N–H and O–H groups in total. The van der Waals surface area contributed by atoms with E-state index >= 15 is 0 Å². The van der Waals surface area contributed by atoms with Crippen LogP contribution in [0.1, 0.15) is 0 Å². The summed E-state index contributed by atoms with van der Waals surface area (Å²) in [7, 11) is 0. The predicted octanol–water partition coefficient (Wildman–Crippen LogP) is 2.03. The van der Waals surface area contributed by atoms with E-state index in [1.807, 2.05) is 6.07 Å². The number of hydrogen-bond donors (Lipinski definition) is 0. The maximum atomic E-state index is 13.0. The molecule has 0 bridgehead atoms. The molecule has 3 heteroatoms. The fourth-order valence-corrected chi connectivity index (χ4v) is 2.60. The minimum Gasteiger partial charge on any atom is -0.371 e. The Morgan fingerprint density at radius 1 is 1.33 bits per heavy atom. The highest BCUT2D eigenvalue weighted by Gasteiger charge is 2.56. The average molecular weight is 202 g/mol. The van der Waals surface area contributed by atoms with Crippen LogP contribution >= 0.6 is 0 Å². The lowest BCUT2D eigenvalue weighted by Gasteiger charge is -2.20. The van der Waals surface area contributed by atoms with Gasteiger partial charge in [0.15, 0.2) is 0 Å². The van der Waals surface area contributed by atoms with Crippen LogP contribution in [0.2, 0.25) is 0 Å². The second-order valence-electron chi connectivity index (χ2n) is 4.37. The van der Waals surface area contributed by atoms with Gasteiger partial charge in [-0.25, -0.2) is 4.39 Å². The fraction of sp³-hybridized carbons (Fsp3) is 0.417. The molecule has 1 saturated carbocycles. The number of halogens is 1. The molecule has 15 heavy (non-hydrogen) atoms. The van der Waals surface area contributed by atoms with E-state index in [2.05, 4.69) is 11.0 Å². The van der Waals surface area contributed by atoms with Crippen molar-refractivity contribution in [1.29, 1.82) is 5.26 Å². The largest absolute Gasteiger partial charge is 0.371 e.